The Balaban J connectivity index is 1.63. The Morgan fingerprint density at radius 2 is 1.88 bits per heavy atom. The molecule has 1 amide bonds. The zero-order chi connectivity index (χ0) is 16.9. The minimum absolute atomic E-state index is 0.0673. The van der Waals surface area contributed by atoms with Crippen LogP contribution in [0, 0.1) is 13.8 Å². The van der Waals surface area contributed by atoms with Crippen molar-refractivity contribution in [2.75, 3.05) is 17.6 Å². The van der Waals surface area contributed by atoms with Gasteiger partial charge < -0.3 is 5.32 Å². The van der Waals surface area contributed by atoms with Gasteiger partial charge in [-0.3, -0.25) is 9.79 Å². The Morgan fingerprint density at radius 1 is 1.17 bits per heavy atom. The highest BCUT2D eigenvalue weighted by Crippen LogP contribution is 2.25. The third kappa shape index (κ3) is 4.22. The Hall–Kier alpha value is -1.72. The molecule has 0 bridgehead atoms. The summed E-state index contributed by atoms with van der Waals surface area (Å²) in [5.74, 6) is 1.92. The van der Waals surface area contributed by atoms with Gasteiger partial charge in [0.15, 0.2) is 0 Å². The summed E-state index contributed by atoms with van der Waals surface area (Å²) in [5, 5.41) is 3.02. The predicted octanol–water partition coefficient (Wildman–Crippen LogP) is 4.89. The van der Waals surface area contributed by atoms with Gasteiger partial charge in [-0.05, 0) is 42.7 Å². The summed E-state index contributed by atoms with van der Waals surface area (Å²) in [4.78, 5) is 16.9. The van der Waals surface area contributed by atoms with Crippen molar-refractivity contribution in [2.24, 2.45) is 4.99 Å². The number of aliphatic imine (C=N–C) groups is 1. The van der Waals surface area contributed by atoms with E-state index in [1.54, 1.807) is 11.8 Å². The van der Waals surface area contributed by atoms with E-state index >= 15 is 0 Å². The Kier molecular flexibility index (Phi) is 5.63. The molecule has 0 saturated carbocycles. The van der Waals surface area contributed by atoms with Crippen molar-refractivity contribution in [3.05, 3.63) is 64.7 Å². The zero-order valence-corrected chi connectivity index (χ0v) is 15.5. The summed E-state index contributed by atoms with van der Waals surface area (Å²) in [6, 6.07) is 13.8. The second kappa shape index (κ2) is 7.90. The monoisotopic (exact) mass is 356 g/mol. The number of rotatable bonds is 4. The first-order valence-electron chi connectivity index (χ1n) is 7.90. The SMILES string of the molecule is Cc1cccc(C)c1NC(=O)c1ccc(CSC2=NCCS2)cc1. The van der Waals surface area contributed by atoms with Crippen molar-refractivity contribution in [3.63, 3.8) is 0 Å². The first-order chi connectivity index (χ1) is 11.6. The van der Waals surface area contributed by atoms with Crippen LogP contribution in [-0.2, 0) is 5.75 Å². The number of anilines is 1. The smallest absolute Gasteiger partial charge is 0.255 e. The number of para-hydroxylation sites is 1. The number of carbonyl (C=O) groups is 1. The molecular formula is C19H20N2OS2. The minimum atomic E-state index is -0.0673. The van der Waals surface area contributed by atoms with E-state index in [-0.39, 0.29) is 5.91 Å². The molecule has 0 atom stereocenters. The fourth-order valence-corrected chi connectivity index (χ4v) is 4.46. The minimum Gasteiger partial charge on any atom is -0.322 e. The Labute approximate surface area is 151 Å². The summed E-state index contributed by atoms with van der Waals surface area (Å²) in [5.41, 5.74) is 4.94. The lowest BCUT2D eigenvalue weighted by molar-refractivity contribution is 0.102. The number of hydrogen-bond donors (Lipinski definition) is 1. The topological polar surface area (TPSA) is 41.5 Å². The molecule has 0 aromatic heterocycles. The van der Waals surface area contributed by atoms with Gasteiger partial charge in [0.1, 0.15) is 4.38 Å². The summed E-state index contributed by atoms with van der Waals surface area (Å²) >= 11 is 3.59. The van der Waals surface area contributed by atoms with Crippen molar-refractivity contribution < 1.29 is 4.79 Å². The fourth-order valence-electron chi connectivity index (χ4n) is 2.50. The third-order valence-corrected chi connectivity index (χ3v) is 6.18. The third-order valence-electron chi connectivity index (χ3n) is 3.86. The van der Waals surface area contributed by atoms with Gasteiger partial charge in [0.25, 0.3) is 5.91 Å². The van der Waals surface area contributed by atoms with Gasteiger partial charge in [-0.25, -0.2) is 0 Å². The van der Waals surface area contributed by atoms with Crippen LogP contribution >= 0.6 is 23.5 Å². The summed E-state index contributed by atoms with van der Waals surface area (Å²) in [7, 11) is 0. The first kappa shape index (κ1) is 17.1. The molecule has 124 valence electrons. The maximum Gasteiger partial charge on any atom is 0.255 e. The number of amides is 1. The van der Waals surface area contributed by atoms with Crippen molar-refractivity contribution in [2.45, 2.75) is 19.6 Å². The van der Waals surface area contributed by atoms with Crippen LogP contribution < -0.4 is 5.32 Å². The highest BCUT2D eigenvalue weighted by Gasteiger charge is 2.11. The highest BCUT2D eigenvalue weighted by atomic mass is 32.2. The van der Waals surface area contributed by atoms with E-state index < -0.39 is 0 Å². The lowest BCUT2D eigenvalue weighted by Crippen LogP contribution is -2.13. The van der Waals surface area contributed by atoms with Crippen LogP contribution in [0.15, 0.2) is 47.5 Å². The zero-order valence-electron chi connectivity index (χ0n) is 13.8. The Morgan fingerprint density at radius 3 is 2.50 bits per heavy atom. The molecule has 1 N–H and O–H groups in total. The molecule has 0 aliphatic carbocycles. The van der Waals surface area contributed by atoms with Gasteiger partial charge in [-0.1, -0.05) is 53.9 Å². The number of benzene rings is 2. The van der Waals surface area contributed by atoms with Gasteiger partial charge in [0.2, 0.25) is 0 Å². The van der Waals surface area contributed by atoms with Gasteiger partial charge >= 0.3 is 0 Å². The van der Waals surface area contributed by atoms with E-state index in [4.69, 9.17) is 0 Å². The van der Waals surface area contributed by atoms with Crippen LogP contribution in [0.1, 0.15) is 27.0 Å². The molecule has 2 aromatic rings. The normalized spacial score (nSPS) is 13.7. The molecule has 1 aliphatic heterocycles. The van der Waals surface area contributed by atoms with Crippen LogP contribution in [0.25, 0.3) is 0 Å². The average Bonchev–Trinajstić information content (AvgIpc) is 3.10. The van der Waals surface area contributed by atoms with Crippen LogP contribution in [-0.4, -0.2) is 22.6 Å². The molecule has 3 rings (SSSR count). The molecule has 3 nitrogen and oxygen atoms in total. The fraction of sp³-hybridized carbons (Fsp3) is 0.263. The number of thioether (sulfide) groups is 2. The lowest BCUT2D eigenvalue weighted by atomic mass is 10.1. The van der Waals surface area contributed by atoms with E-state index in [0.29, 0.717) is 5.56 Å². The van der Waals surface area contributed by atoms with Crippen molar-refractivity contribution in [1.29, 1.82) is 0 Å². The van der Waals surface area contributed by atoms with Crippen LogP contribution in [0.5, 0.6) is 0 Å². The molecule has 0 unspecified atom stereocenters. The quantitative estimate of drug-likeness (QED) is 0.848. The van der Waals surface area contributed by atoms with Gasteiger partial charge in [-0.15, -0.1) is 0 Å². The maximum absolute atomic E-state index is 12.5. The highest BCUT2D eigenvalue weighted by molar-refractivity contribution is 8.38. The molecule has 2 aromatic carbocycles. The van der Waals surface area contributed by atoms with E-state index in [1.165, 1.54) is 9.94 Å². The average molecular weight is 357 g/mol. The summed E-state index contributed by atoms with van der Waals surface area (Å²) < 4.78 is 1.17. The summed E-state index contributed by atoms with van der Waals surface area (Å²) in [6.45, 7) is 4.95. The maximum atomic E-state index is 12.5. The van der Waals surface area contributed by atoms with Gasteiger partial charge in [-0.2, -0.15) is 0 Å². The molecule has 1 heterocycles. The largest absolute Gasteiger partial charge is 0.322 e. The standard InChI is InChI=1S/C19H20N2OS2/c1-13-4-3-5-14(2)17(13)21-18(22)16-8-6-15(7-9-16)12-24-19-20-10-11-23-19/h3-9H,10-12H2,1-2H3,(H,21,22). The Bertz CT molecular complexity index is 749. The molecule has 24 heavy (non-hydrogen) atoms. The van der Waals surface area contributed by atoms with Gasteiger partial charge in [0, 0.05) is 22.8 Å². The number of nitrogens with zero attached hydrogens (tertiary/aromatic N) is 1. The van der Waals surface area contributed by atoms with E-state index in [9.17, 15) is 4.79 Å². The second-order valence-corrected chi connectivity index (χ2v) is 8.01. The van der Waals surface area contributed by atoms with E-state index in [2.05, 4.69) is 10.3 Å². The predicted molar refractivity (Wildman–Crippen MR) is 106 cm³/mol. The van der Waals surface area contributed by atoms with Crippen LogP contribution in [0.3, 0.4) is 0 Å². The van der Waals surface area contributed by atoms with Crippen molar-refractivity contribution in [3.8, 4) is 0 Å². The molecule has 1 aliphatic rings. The second-order valence-electron chi connectivity index (χ2n) is 5.70. The molecule has 0 spiro atoms. The number of hydrogen-bond acceptors (Lipinski definition) is 4. The molecule has 0 radical (unpaired) electrons. The molecular weight excluding hydrogens is 336 g/mol. The molecule has 0 fully saturated rings. The lowest BCUT2D eigenvalue weighted by Gasteiger charge is -2.11. The molecule has 5 heteroatoms. The van der Waals surface area contributed by atoms with Crippen molar-refractivity contribution in [1.82, 2.24) is 0 Å². The molecule has 0 saturated heterocycles. The van der Waals surface area contributed by atoms with Crippen molar-refractivity contribution >= 4 is 39.5 Å². The van der Waals surface area contributed by atoms with Gasteiger partial charge in [0.05, 0.1) is 6.54 Å². The number of carbonyl (C=O) groups excluding carboxylic acids is 1. The van der Waals surface area contributed by atoms with E-state index in [1.807, 2.05) is 68.1 Å². The first-order valence-corrected chi connectivity index (χ1v) is 9.87. The number of aryl methyl sites for hydroxylation is 2. The number of nitrogens with one attached hydrogen (secondary N) is 1. The van der Waals surface area contributed by atoms with E-state index in [0.717, 1.165) is 34.9 Å². The van der Waals surface area contributed by atoms with Crippen LogP contribution in [0.2, 0.25) is 0 Å². The van der Waals surface area contributed by atoms with Crippen LogP contribution in [0.4, 0.5) is 5.69 Å². The summed E-state index contributed by atoms with van der Waals surface area (Å²) in [6.07, 6.45) is 0.